The number of hydrogen-bond donors (Lipinski definition) is 1. The summed E-state index contributed by atoms with van der Waals surface area (Å²) in [6, 6.07) is 13.7. The average molecular weight is 387 g/mol. The zero-order valence-electron chi connectivity index (χ0n) is 14.8. The summed E-state index contributed by atoms with van der Waals surface area (Å²) in [7, 11) is 1.31. The van der Waals surface area contributed by atoms with Crippen molar-refractivity contribution in [2.24, 2.45) is 5.92 Å². The number of methoxy groups -OCH3 is 1. The molecule has 0 spiro atoms. The lowest BCUT2D eigenvalue weighted by Gasteiger charge is -2.17. The van der Waals surface area contributed by atoms with Crippen LogP contribution in [0.15, 0.2) is 48.5 Å². The number of esters is 1. The smallest absolute Gasteiger partial charge is 0.337 e. The number of amides is 2. The number of anilines is 1. The van der Waals surface area contributed by atoms with Gasteiger partial charge in [-0.25, -0.2) is 4.79 Å². The van der Waals surface area contributed by atoms with Crippen LogP contribution >= 0.6 is 11.6 Å². The molecule has 1 aliphatic heterocycles. The predicted molar refractivity (Wildman–Crippen MR) is 101 cm³/mol. The Morgan fingerprint density at radius 2 is 1.81 bits per heavy atom. The van der Waals surface area contributed by atoms with Gasteiger partial charge in [0.1, 0.15) is 0 Å². The maximum atomic E-state index is 12.5. The molecule has 1 heterocycles. The summed E-state index contributed by atoms with van der Waals surface area (Å²) < 4.78 is 4.64. The Kier molecular flexibility index (Phi) is 5.76. The molecule has 2 aromatic carbocycles. The number of rotatable bonds is 5. The fraction of sp³-hybridized carbons (Fsp3) is 0.250. The average Bonchev–Trinajstić information content (AvgIpc) is 3.04. The highest BCUT2D eigenvalue weighted by molar-refractivity contribution is 6.30. The fourth-order valence-corrected chi connectivity index (χ4v) is 3.09. The normalized spacial score (nSPS) is 16.3. The highest BCUT2D eigenvalue weighted by Gasteiger charge is 2.34. The first-order valence-corrected chi connectivity index (χ1v) is 8.85. The first-order chi connectivity index (χ1) is 13.0. The number of nitrogens with one attached hydrogen (secondary N) is 1. The van der Waals surface area contributed by atoms with E-state index in [0.29, 0.717) is 29.4 Å². The Balaban J connectivity index is 1.58. The molecule has 0 radical (unpaired) electrons. The molecule has 1 aliphatic rings. The van der Waals surface area contributed by atoms with Crippen LogP contribution in [-0.4, -0.2) is 36.3 Å². The van der Waals surface area contributed by atoms with Gasteiger partial charge in [0, 0.05) is 30.2 Å². The third-order valence-corrected chi connectivity index (χ3v) is 4.70. The summed E-state index contributed by atoms with van der Waals surface area (Å²) >= 11 is 5.87. The van der Waals surface area contributed by atoms with Crippen LogP contribution in [0.2, 0.25) is 5.02 Å². The van der Waals surface area contributed by atoms with Gasteiger partial charge in [0.2, 0.25) is 11.8 Å². The van der Waals surface area contributed by atoms with Crippen molar-refractivity contribution in [3.8, 4) is 0 Å². The predicted octanol–water partition coefficient (Wildman–Crippen LogP) is 3.11. The Hall–Kier alpha value is -2.86. The number of hydrogen-bond acceptors (Lipinski definition) is 4. The molecule has 2 amide bonds. The lowest BCUT2D eigenvalue weighted by Crippen LogP contribution is -2.28. The first kappa shape index (κ1) is 18.9. The van der Waals surface area contributed by atoms with Crippen molar-refractivity contribution >= 4 is 35.1 Å². The zero-order chi connectivity index (χ0) is 19.4. The third kappa shape index (κ3) is 4.65. The van der Waals surface area contributed by atoms with Crippen molar-refractivity contribution in [3.05, 3.63) is 64.7 Å². The number of nitrogens with zero attached hydrogens (tertiary/aromatic N) is 1. The van der Waals surface area contributed by atoms with Crippen molar-refractivity contribution in [2.45, 2.75) is 13.0 Å². The Morgan fingerprint density at radius 3 is 2.44 bits per heavy atom. The molecular weight excluding hydrogens is 368 g/mol. The van der Waals surface area contributed by atoms with Gasteiger partial charge in [0.05, 0.1) is 18.6 Å². The number of carbonyl (C=O) groups excluding carboxylic acids is 3. The molecule has 3 rings (SSSR count). The molecule has 140 valence electrons. The third-order valence-electron chi connectivity index (χ3n) is 4.45. The fourth-order valence-electron chi connectivity index (χ4n) is 2.96. The molecule has 0 aliphatic carbocycles. The van der Waals surface area contributed by atoms with E-state index in [1.165, 1.54) is 7.11 Å². The molecule has 0 aromatic heterocycles. The minimum absolute atomic E-state index is 0.0499. The molecule has 6 nitrogen and oxygen atoms in total. The van der Waals surface area contributed by atoms with E-state index in [1.807, 2.05) is 12.1 Å². The largest absolute Gasteiger partial charge is 0.465 e. The molecule has 27 heavy (non-hydrogen) atoms. The zero-order valence-corrected chi connectivity index (χ0v) is 15.5. The monoisotopic (exact) mass is 386 g/mol. The number of benzene rings is 2. The molecule has 1 atom stereocenters. The summed E-state index contributed by atoms with van der Waals surface area (Å²) in [4.78, 5) is 37.8. The molecule has 1 N–H and O–H groups in total. The highest BCUT2D eigenvalue weighted by Crippen LogP contribution is 2.22. The molecular formula is C20H19ClN2O4. The molecule has 0 saturated carbocycles. The van der Waals surface area contributed by atoms with Crippen molar-refractivity contribution < 1.29 is 19.1 Å². The second-order valence-corrected chi connectivity index (χ2v) is 6.80. The molecule has 1 fully saturated rings. The lowest BCUT2D eigenvalue weighted by molar-refractivity contribution is -0.128. The number of halogens is 1. The second kappa shape index (κ2) is 8.22. The van der Waals surface area contributed by atoms with Gasteiger partial charge in [-0.2, -0.15) is 0 Å². The van der Waals surface area contributed by atoms with E-state index in [2.05, 4.69) is 10.1 Å². The van der Waals surface area contributed by atoms with Gasteiger partial charge < -0.3 is 15.0 Å². The summed E-state index contributed by atoms with van der Waals surface area (Å²) in [5.74, 6) is -1.11. The van der Waals surface area contributed by atoms with Gasteiger partial charge in [0.15, 0.2) is 0 Å². The van der Waals surface area contributed by atoms with E-state index in [1.54, 1.807) is 41.3 Å². The van der Waals surface area contributed by atoms with Gasteiger partial charge in [-0.05, 0) is 42.0 Å². The van der Waals surface area contributed by atoms with Gasteiger partial charge in [0.25, 0.3) is 0 Å². The first-order valence-electron chi connectivity index (χ1n) is 8.47. The standard InChI is InChI=1S/C20H19ClN2O4/c1-27-20(26)14-4-8-17(9-5-14)22-19(25)15-10-18(24)23(12-15)11-13-2-6-16(21)7-3-13/h2-9,15H,10-12H2,1H3,(H,22,25). The summed E-state index contributed by atoms with van der Waals surface area (Å²) in [5.41, 5.74) is 1.93. The van der Waals surface area contributed by atoms with Crippen LogP contribution in [0.1, 0.15) is 22.3 Å². The van der Waals surface area contributed by atoms with E-state index in [-0.39, 0.29) is 18.2 Å². The maximum absolute atomic E-state index is 12.5. The Bertz CT molecular complexity index is 849. The topological polar surface area (TPSA) is 75.7 Å². The summed E-state index contributed by atoms with van der Waals surface area (Å²) in [6.45, 7) is 0.821. The van der Waals surface area contributed by atoms with Crippen LogP contribution in [-0.2, 0) is 20.9 Å². The Labute approximate surface area is 162 Å². The lowest BCUT2D eigenvalue weighted by atomic mass is 10.1. The minimum atomic E-state index is -0.438. The summed E-state index contributed by atoms with van der Waals surface area (Å²) in [6.07, 6.45) is 0.180. The maximum Gasteiger partial charge on any atom is 0.337 e. The number of carbonyl (C=O) groups is 3. The van der Waals surface area contributed by atoms with Crippen LogP contribution in [0.5, 0.6) is 0 Å². The van der Waals surface area contributed by atoms with Crippen LogP contribution < -0.4 is 5.32 Å². The molecule has 2 aromatic rings. The van der Waals surface area contributed by atoms with E-state index >= 15 is 0 Å². The van der Waals surface area contributed by atoms with Crippen LogP contribution in [0.25, 0.3) is 0 Å². The van der Waals surface area contributed by atoms with Gasteiger partial charge in [-0.15, -0.1) is 0 Å². The van der Waals surface area contributed by atoms with Crippen molar-refractivity contribution in [1.82, 2.24) is 4.90 Å². The van der Waals surface area contributed by atoms with Gasteiger partial charge in [-0.3, -0.25) is 9.59 Å². The SMILES string of the molecule is COC(=O)c1ccc(NC(=O)C2CC(=O)N(Cc3ccc(Cl)cc3)C2)cc1. The van der Waals surface area contributed by atoms with E-state index in [4.69, 9.17) is 11.6 Å². The summed E-state index contributed by atoms with van der Waals surface area (Å²) in [5, 5.41) is 3.43. The van der Waals surface area contributed by atoms with Crippen molar-refractivity contribution in [3.63, 3.8) is 0 Å². The van der Waals surface area contributed by atoms with Crippen LogP contribution in [0.4, 0.5) is 5.69 Å². The van der Waals surface area contributed by atoms with Crippen molar-refractivity contribution in [1.29, 1.82) is 0 Å². The van der Waals surface area contributed by atoms with E-state index in [9.17, 15) is 14.4 Å². The quantitative estimate of drug-likeness (QED) is 0.801. The van der Waals surface area contributed by atoms with Crippen LogP contribution in [0, 0.1) is 5.92 Å². The molecule has 1 unspecified atom stereocenters. The highest BCUT2D eigenvalue weighted by atomic mass is 35.5. The number of likely N-dealkylation sites (tertiary alicyclic amines) is 1. The van der Waals surface area contributed by atoms with E-state index in [0.717, 1.165) is 5.56 Å². The van der Waals surface area contributed by atoms with Crippen LogP contribution in [0.3, 0.4) is 0 Å². The van der Waals surface area contributed by atoms with Gasteiger partial charge in [-0.1, -0.05) is 23.7 Å². The second-order valence-electron chi connectivity index (χ2n) is 6.36. The number of ether oxygens (including phenoxy) is 1. The van der Waals surface area contributed by atoms with E-state index < -0.39 is 11.9 Å². The van der Waals surface area contributed by atoms with Gasteiger partial charge >= 0.3 is 5.97 Å². The minimum Gasteiger partial charge on any atom is -0.465 e. The molecule has 7 heteroatoms. The Morgan fingerprint density at radius 1 is 1.15 bits per heavy atom. The van der Waals surface area contributed by atoms with Crippen molar-refractivity contribution in [2.75, 3.05) is 19.0 Å². The molecule has 1 saturated heterocycles. The molecule has 0 bridgehead atoms.